The van der Waals surface area contributed by atoms with Gasteiger partial charge in [-0.05, 0) is 83.8 Å². The van der Waals surface area contributed by atoms with Crippen LogP contribution in [0.1, 0.15) is 24.0 Å². The molecule has 5 nitrogen and oxygen atoms in total. The van der Waals surface area contributed by atoms with Crippen molar-refractivity contribution in [1.82, 2.24) is 4.31 Å². The Labute approximate surface area is 195 Å². The summed E-state index contributed by atoms with van der Waals surface area (Å²) in [4.78, 5) is 12.6. The van der Waals surface area contributed by atoms with Gasteiger partial charge in [-0.1, -0.05) is 29.3 Å². The number of rotatable bonds is 5. The molecule has 1 N–H and O–H groups in total. The highest BCUT2D eigenvalue weighted by molar-refractivity contribution is 14.1. The predicted molar refractivity (Wildman–Crippen MR) is 126 cm³/mol. The molecule has 0 aliphatic carbocycles. The van der Waals surface area contributed by atoms with Crippen molar-refractivity contribution in [3.8, 4) is 0 Å². The molecule has 1 amide bonds. The van der Waals surface area contributed by atoms with Gasteiger partial charge in [0.15, 0.2) is 0 Å². The number of sulfonamides is 1. The Balaban J connectivity index is 1.58. The van der Waals surface area contributed by atoms with Crippen molar-refractivity contribution in [1.29, 1.82) is 0 Å². The second-order valence-corrected chi connectivity index (χ2v) is 11.2. The van der Waals surface area contributed by atoms with Gasteiger partial charge in [-0.3, -0.25) is 4.79 Å². The number of nitrogens with zero attached hydrogens (tertiary/aromatic N) is 1. The standard InChI is InChI=1S/C20H21Cl2IN2O3S/c1-13-10-16(23)3-5-19(13)24-20(26)15-6-8-25(9-7-15)29(27,28)12-14-2-4-17(21)18(22)11-14/h2-5,10-11,15H,6-9,12H2,1H3,(H,24,26). The number of benzene rings is 2. The van der Waals surface area contributed by atoms with Gasteiger partial charge in [-0.25, -0.2) is 12.7 Å². The molecule has 0 bridgehead atoms. The number of carbonyl (C=O) groups is 1. The maximum absolute atomic E-state index is 12.7. The Hall–Kier alpha value is -0.870. The first-order chi connectivity index (χ1) is 13.7. The van der Waals surface area contributed by atoms with Crippen molar-refractivity contribution in [2.45, 2.75) is 25.5 Å². The van der Waals surface area contributed by atoms with Crippen molar-refractivity contribution >= 4 is 67.4 Å². The fourth-order valence-corrected chi connectivity index (χ4v) is 5.85. The van der Waals surface area contributed by atoms with E-state index in [0.29, 0.717) is 41.5 Å². The molecule has 1 aliphatic rings. The molecule has 1 saturated heterocycles. The number of aryl methyl sites for hydroxylation is 1. The van der Waals surface area contributed by atoms with Crippen LogP contribution < -0.4 is 5.32 Å². The lowest BCUT2D eigenvalue weighted by molar-refractivity contribution is -0.120. The lowest BCUT2D eigenvalue weighted by Gasteiger charge is -2.30. The molecule has 0 saturated carbocycles. The van der Waals surface area contributed by atoms with Gasteiger partial charge < -0.3 is 5.32 Å². The number of hydrogen-bond donors (Lipinski definition) is 1. The topological polar surface area (TPSA) is 66.5 Å². The first-order valence-electron chi connectivity index (χ1n) is 9.14. The molecule has 0 spiro atoms. The summed E-state index contributed by atoms with van der Waals surface area (Å²) in [6, 6.07) is 10.7. The summed E-state index contributed by atoms with van der Waals surface area (Å²) in [5.74, 6) is -0.399. The van der Waals surface area contributed by atoms with Crippen molar-refractivity contribution in [2.24, 2.45) is 5.92 Å². The molecule has 0 unspecified atom stereocenters. The van der Waals surface area contributed by atoms with Crippen molar-refractivity contribution in [3.05, 3.63) is 61.1 Å². The van der Waals surface area contributed by atoms with Crippen LogP contribution in [0.4, 0.5) is 5.69 Å². The molecule has 1 fully saturated rings. The normalized spacial score (nSPS) is 16.0. The van der Waals surface area contributed by atoms with Crippen LogP contribution in [-0.2, 0) is 20.6 Å². The number of hydrogen-bond acceptors (Lipinski definition) is 3. The second kappa shape index (κ2) is 9.51. The lowest BCUT2D eigenvalue weighted by atomic mass is 9.97. The third-order valence-corrected chi connectivity index (χ3v) is 8.26. The minimum absolute atomic E-state index is 0.0594. The van der Waals surface area contributed by atoms with E-state index in [0.717, 1.165) is 14.8 Å². The van der Waals surface area contributed by atoms with Gasteiger partial charge in [0.2, 0.25) is 15.9 Å². The van der Waals surface area contributed by atoms with Crippen molar-refractivity contribution in [3.63, 3.8) is 0 Å². The first kappa shape index (κ1) is 22.8. The summed E-state index contributed by atoms with van der Waals surface area (Å²) in [5, 5.41) is 3.70. The number of carbonyl (C=O) groups excluding carboxylic acids is 1. The fourth-order valence-electron chi connectivity index (χ4n) is 3.33. The Morgan fingerprint density at radius 2 is 1.83 bits per heavy atom. The highest BCUT2D eigenvalue weighted by atomic mass is 127. The van der Waals surface area contributed by atoms with Gasteiger partial charge >= 0.3 is 0 Å². The zero-order valence-electron chi connectivity index (χ0n) is 15.8. The van der Waals surface area contributed by atoms with Crippen LogP contribution in [0.2, 0.25) is 10.0 Å². The summed E-state index contributed by atoms with van der Waals surface area (Å²) in [6.07, 6.45) is 0.992. The van der Waals surface area contributed by atoms with Gasteiger partial charge in [0.25, 0.3) is 0 Å². The average Bonchev–Trinajstić information content (AvgIpc) is 2.67. The maximum atomic E-state index is 12.7. The molecule has 0 atom stereocenters. The predicted octanol–water partition coefficient (Wildman–Crippen LogP) is 5.09. The van der Waals surface area contributed by atoms with Crippen molar-refractivity contribution < 1.29 is 13.2 Å². The van der Waals surface area contributed by atoms with E-state index in [9.17, 15) is 13.2 Å². The Bertz CT molecular complexity index is 1020. The third kappa shape index (κ3) is 5.85. The van der Waals surface area contributed by atoms with E-state index in [2.05, 4.69) is 27.9 Å². The van der Waals surface area contributed by atoms with Crippen LogP contribution in [0, 0.1) is 16.4 Å². The van der Waals surface area contributed by atoms with E-state index in [1.165, 1.54) is 4.31 Å². The quantitative estimate of drug-likeness (QED) is 0.513. The minimum Gasteiger partial charge on any atom is -0.326 e. The van der Waals surface area contributed by atoms with E-state index in [1.54, 1.807) is 18.2 Å². The molecule has 0 radical (unpaired) electrons. The highest BCUT2D eigenvalue weighted by Gasteiger charge is 2.31. The molecule has 0 aromatic heterocycles. The summed E-state index contributed by atoms with van der Waals surface area (Å²) in [7, 11) is -3.49. The number of amides is 1. The zero-order valence-corrected chi connectivity index (χ0v) is 20.3. The van der Waals surface area contributed by atoms with E-state index in [-0.39, 0.29) is 17.6 Å². The maximum Gasteiger partial charge on any atom is 0.227 e. The molecule has 2 aromatic carbocycles. The minimum atomic E-state index is -3.49. The van der Waals surface area contributed by atoms with Gasteiger partial charge in [0.05, 0.1) is 15.8 Å². The Morgan fingerprint density at radius 1 is 1.14 bits per heavy atom. The van der Waals surface area contributed by atoms with Crippen LogP contribution in [0.5, 0.6) is 0 Å². The largest absolute Gasteiger partial charge is 0.326 e. The first-order valence-corrected chi connectivity index (χ1v) is 12.6. The molecule has 29 heavy (non-hydrogen) atoms. The zero-order chi connectivity index (χ0) is 21.2. The molecule has 3 rings (SSSR count). The van der Waals surface area contributed by atoms with Gasteiger partial charge in [0.1, 0.15) is 0 Å². The van der Waals surface area contributed by atoms with Crippen molar-refractivity contribution in [2.75, 3.05) is 18.4 Å². The molecule has 1 heterocycles. The molecule has 2 aromatic rings. The smallest absolute Gasteiger partial charge is 0.227 e. The average molecular weight is 567 g/mol. The lowest BCUT2D eigenvalue weighted by Crippen LogP contribution is -2.41. The molecular weight excluding hydrogens is 546 g/mol. The van der Waals surface area contributed by atoms with Gasteiger partial charge in [-0.15, -0.1) is 0 Å². The number of nitrogens with one attached hydrogen (secondary N) is 1. The van der Waals surface area contributed by atoms with E-state index >= 15 is 0 Å². The van der Waals surface area contributed by atoms with Crippen LogP contribution in [0.15, 0.2) is 36.4 Å². The molecule has 9 heteroatoms. The Morgan fingerprint density at radius 3 is 2.45 bits per heavy atom. The summed E-state index contributed by atoms with van der Waals surface area (Å²) >= 11 is 14.1. The second-order valence-electron chi connectivity index (χ2n) is 7.13. The van der Waals surface area contributed by atoms with Crippen LogP contribution in [0.3, 0.4) is 0 Å². The van der Waals surface area contributed by atoms with Gasteiger partial charge in [0, 0.05) is 28.3 Å². The van der Waals surface area contributed by atoms with E-state index in [1.807, 2.05) is 25.1 Å². The molecule has 1 aliphatic heterocycles. The van der Waals surface area contributed by atoms with Crippen LogP contribution in [-0.4, -0.2) is 31.7 Å². The number of anilines is 1. The van der Waals surface area contributed by atoms with Crippen LogP contribution in [0.25, 0.3) is 0 Å². The van der Waals surface area contributed by atoms with E-state index < -0.39 is 10.0 Å². The number of piperidine rings is 1. The molecule has 156 valence electrons. The summed E-state index contributed by atoms with van der Waals surface area (Å²) < 4.78 is 28.1. The van der Waals surface area contributed by atoms with Gasteiger partial charge in [-0.2, -0.15) is 0 Å². The summed E-state index contributed by atoms with van der Waals surface area (Å²) in [6.45, 7) is 2.61. The highest BCUT2D eigenvalue weighted by Crippen LogP contribution is 2.27. The fraction of sp³-hybridized carbons (Fsp3) is 0.350. The van der Waals surface area contributed by atoms with E-state index in [4.69, 9.17) is 23.2 Å². The monoisotopic (exact) mass is 566 g/mol. The number of halogens is 3. The SMILES string of the molecule is Cc1cc(I)ccc1NC(=O)C1CCN(S(=O)(=O)Cc2ccc(Cl)c(Cl)c2)CC1. The third-order valence-electron chi connectivity index (χ3n) is 5.00. The summed E-state index contributed by atoms with van der Waals surface area (Å²) in [5.41, 5.74) is 2.39. The van der Waals surface area contributed by atoms with Crippen LogP contribution >= 0.6 is 45.8 Å². The Kier molecular flexibility index (Phi) is 7.48. The molecular formula is C20H21Cl2IN2O3S.